The zero-order chi connectivity index (χ0) is 19.3. The lowest BCUT2D eigenvalue weighted by molar-refractivity contribution is 0.0666. The molecule has 3 aromatic rings. The summed E-state index contributed by atoms with van der Waals surface area (Å²) in [6.07, 6.45) is 7.10. The maximum atomic E-state index is 13.5. The van der Waals surface area contributed by atoms with Gasteiger partial charge in [0, 0.05) is 18.7 Å². The maximum Gasteiger partial charge on any atom is 0.266 e. The van der Waals surface area contributed by atoms with E-state index in [0.717, 1.165) is 40.5 Å². The minimum atomic E-state index is 0.104. The maximum absolute atomic E-state index is 13.5. The summed E-state index contributed by atoms with van der Waals surface area (Å²) in [5, 5.41) is 0.997. The number of aromatic nitrogens is 2. The lowest BCUT2D eigenvalue weighted by Gasteiger charge is -2.28. The highest BCUT2D eigenvalue weighted by atomic mass is 32.1. The van der Waals surface area contributed by atoms with Crippen LogP contribution in [0.2, 0.25) is 0 Å². The molecule has 0 saturated heterocycles. The van der Waals surface area contributed by atoms with E-state index in [2.05, 4.69) is 17.1 Å². The molecule has 2 heterocycles. The van der Waals surface area contributed by atoms with Crippen LogP contribution in [0.15, 0.2) is 54.7 Å². The van der Waals surface area contributed by atoms with Crippen molar-refractivity contribution in [1.29, 1.82) is 0 Å². The van der Waals surface area contributed by atoms with E-state index in [1.807, 2.05) is 48.2 Å². The second-order valence-electron chi connectivity index (χ2n) is 7.38. The fourth-order valence-electron chi connectivity index (χ4n) is 3.88. The molecule has 1 aliphatic carbocycles. The summed E-state index contributed by atoms with van der Waals surface area (Å²) in [5.74, 6) is 0.104. The number of amides is 1. The van der Waals surface area contributed by atoms with Crippen molar-refractivity contribution in [2.45, 2.75) is 51.6 Å². The van der Waals surface area contributed by atoms with E-state index in [0.29, 0.717) is 12.6 Å². The number of aryl methyl sites for hydroxylation is 1. The molecule has 2 aromatic heterocycles. The van der Waals surface area contributed by atoms with Crippen LogP contribution in [-0.4, -0.2) is 26.8 Å². The molecule has 1 amide bonds. The predicted octanol–water partition coefficient (Wildman–Crippen LogP) is 5.02. The Morgan fingerprint density at radius 1 is 1.11 bits per heavy atom. The quantitative estimate of drug-likeness (QED) is 0.592. The third-order valence-electron chi connectivity index (χ3n) is 5.32. The van der Waals surface area contributed by atoms with E-state index in [1.54, 1.807) is 6.20 Å². The number of benzene rings is 1. The Balaban J connectivity index is 1.57. The third-order valence-corrected chi connectivity index (χ3v) is 6.46. The Kier molecular flexibility index (Phi) is 5.81. The number of pyridine rings is 1. The van der Waals surface area contributed by atoms with Gasteiger partial charge in [0.2, 0.25) is 0 Å². The van der Waals surface area contributed by atoms with E-state index < -0.39 is 0 Å². The van der Waals surface area contributed by atoms with E-state index in [9.17, 15) is 4.79 Å². The first kappa shape index (κ1) is 18.8. The first-order chi connectivity index (χ1) is 13.7. The van der Waals surface area contributed by atoms with Gasteiger partial charge < -0.3 is 4.90 Å². The van der Waals surface area contributed by atoms with Gasteiger partial charge in [0.05, 0.1) is 22.9 Å². The van der Waals surface area contributed by atoms with Crippen LogP contribution in [0.4, 0.5) is 0 Å². The number of thiazole rings is 1. The van der Waals surface area contributed by atoms with Crippen LogP contribution in [0.25, 0.3) is 0 Å². The van der Waals surface area contributed by atoms with Crippen molar-refractivity contribution in [3.05, 3.63) is 81.6 Å². The van der Waals surface area contributed by atoms with E-state index >= 15 is 0 Å². The van der Waals surface area contributed by atoms with E-state index in [-0.39, 0.29) is 5.91 Å². The van der Waals surface area contributed by atoms with Crippen molar-refractivity contribution < 1.29 is 4.79 Å². The monoisotopic (exact) mass is 391 g/mol. The summed E-state index contributed by atoms with van der Waals surface area (Å²) in [7, 11) is 0. The van der Waals surface area contributed by atoms with Crippen molar-refractivity contribution in [3.63, 3.8) is 0 Å². The smallest absolute Gasteiger partial charge is 0.266 e. The van der Waals surface area contributed by atoms with Gasteiger partial charge in [0.15, 0.2) is 0 Å². The SMILES string of the molecule is Cc1nc(Cc2ccccc2)sc1C(=O)N(Cc1ccccn1)C1CCCC1. The Hall–Kier alpha value is -2.53. The average molecular weight is 392 g/mol. The van der Waals surface area contributed by atoms with Gasteiger partial charge in [0.1, 0.15) is 4.88 Å². The van der Waals surface area contributed by atoms with Gasteiger partial charge in [0.25, 0.3) is 5.91 Å². The standard InChI is InChI=1S/C23H25N3OS/c1-17-22(28-21(25-17)15-18-9-3-2-4-10-18)23(27)26(20-12-5-6-13-20)16-19-11-7-8-14-24-19/h2-4,7-11,14,20H,5-6,12-13,15-16H2,1H3. The third kappa shape index (κ3) is 4.30. The van der Waals surface area contributed by atoms with Crippen molar-refractivity contribution in [1.82, 2.24) is 14.9 Å². The fourth-order valence-corrected chi connectivity index (χ4v) is 4.93. The molecule has 1 fully saturated rings. The molecule has 5 heteroatoms. The lowest BCUT2D eigenvalue weighted by Crippen LogP contribution is -2.38. The molecule has 0 unspecified atom stereocenters. The van der Waals surface area contributed by atoms with Crippen molar-refractivity contribution in [2.75, 3.05) is 0 Å². The molecule has 0 spiro atoms. The van der Waals surface area contributed by atoms with E-state index in [1.165, 1.54) is 29.7 Å². The molecule has 0 atom stereocenters. The molecule has 0 radical (unpaired) electrons. The molecule has 4 nitrogen and oxygen atoms in total. The summed E-state index contributed by atoms with van der Waals surface area (Å²) in [5.41, 5.74) is 3.00. The average Bonchev–Trinajstić information content (AvgIpc) is 3.37. The van der Waals surface area contributed by atoms with Gasteiger partial charge in [-0.15, -0.1) is 11.3 Å². The van der Waals surface area contributed by atoms with Crippen molar-refractivity contribution in [2.24, 2.45) is 0 Å². The second kappa shape index (κ2) is 8.65. The highest BCUT2D eigenvalue weighted by Gasteiger charge is 2.30. The number of hydrogen-bond acceptors (Lipinski definition) is 4. The van der Waals surface area contributed by atoms with Gasteiger partial charge >= 0.3 is 0 Å². The summed E-state index contributed by atoms with van der Waals surface area (Å²) in [4.78, 5) is 25.4. The van der Waals surface area contributed by atoms with Crippen molar-refractivity contribution >= 4 is 17.2 Å². The molecule has 0 bridgehead atoms. The predicted molar refractivity (Wildman–Crippen MR) is 112 cm³/mol. The van der Waals surface area contributed by atoms with Gasteiger partial charge in [-0.05, 0) is 37.5 Å². The van der Waals surface area contributed by atoms with Crippen LogP contribution in [0.3, 0.4) is 0 Å². The highest BCUT2D eigenvalue weighted by Crippen LogP contribution is 2.29. The van der Waals surface area contributed by atoms with Gasteiger partial charge in [-0.2, -0.15) is 0 Å². The molecule has 4 rings (SSSR count). The molecule has 1 aliphatic rings. The second-order valence-corrected chi connectivity index (χ2v) is 8.46. The van der Waals surface area contributed by atoms with Gasteiger partial charge in [-0.3, -0.25) is 9.78 Å². The van der Waals surface area contributed by atoms with Gasteiger partial charge in [-0.1, -0.05) is 49.2 Å². The molecular weight excluding hydrogens is 366 g/mol. The zero-order valence-corrected chi connectivity index (χ0v) is 17.0. The molecule has 0 N–H and O–H groups in total. The van der Waals surface area contributed by atoms with Crippen LogP contribution in [0.5, 0.6) is 0 Å². The lowest BCUT2D eigenvalue weighted by atomic mass is 10.1. The molecule has 144 valence electrons. The largest absolute Gasteiger partial charge is 0.329 e. The topological polar surface area (TPSA) is 46.1 Å². The molecular formula is C23H25N3OS. The molecule has 1 saturated carbocycles. The number of carbonyl (C=O) groups is 1. The number of rotatable bonds is 6. The minimum absolute atomic E-state index is 0.104. The van der Waals surface area contributed by atoms with Crippen LogP contribution < -0.4 is 0 Å². The van der Waals surface area contributed by atoms with Crippen molar-refractivity contribution in [3.8, 4) is 0 Å². The zero-order valence-electron chi connectivity index (χ0n) is 16.2. The first-order valence-corrected chi connectivity index (χ1v) is 10.7. The highest BCUT2D eigenvalue weighted by molar-refractivity contribution is 7.13. The van der Waals surface area contributed by atoms with Crippen LogP contribution in [0, 0.1) is 6.92 Å². The normalized spacial score (nSPS) is 14.3. The summed E-state index contributed by atoms with van der Waals surface area (Å²) >= 11 is 1.54. The summed E-state index contributed by atoms with van der Waals surface area (Å²) in [6, 6.07) is 16.5. The first-order valence-electron chi connectivity index (χ1n) is 9.92. The number of carbonyl (C=O) groups excluding carboxylic acids is 1. The van der Waals surface area contributed by atoms with Crippen LogP contribution in [0.1, 0.15) is 57.3 Å². The molecule has 1 aromatic carbocycles. The number of hydrogen-bond donors (Lipinski definition) is 0. The minimum Gasteiger partial charge on any atom is -0.329 e. The summed E-state index contributed by atoms with van der Waals surface area (Å²) in [6.45, 7) is 2.52. The number of nitrogens with zero attached hydrogens (tertiary/aromatic N) is 3. The Bertz CT molecular complexity index is 918. The Morgan fingerprint density at radius 2 is 1.86 bits per heavy atom. The van der Waals surface area contributed by atoms with E-state index in [4.69, 9.17) is 4.98 Å². The van der Waals surface area contributed by atoms with Crippen LogP contribution >= 0.6 is 11.3 Å². The Morgan fingerprint density at radius 3 is 2.57 bits per heavy atom. The molecule has 0 aliphatic heterocycles. The van der Waals surface area contributed by atoms with Crippen LogP contribution in [-0.2, 0) is 13.0 Å². The Labute approximate surface area is 170 Å². The summed E-state index contributed by atoms with van der Waals surface area (Å²) < 4.78 is 0. The fraction of sp³-hybridized carbons (Fsp3) is 0.348. The molecule has 28 heavy (non-hydrogen) atoms. The van der Waals surface area contributed by atoms with Gasteiger partial charge in [-0.25, -0.2) is 4.98 Å².